The van der Waals surface area contributed by atoms with Crippen molar-refractivity contribution < 1.29 is 13.5 Å². The molecule has 1 heterocycles. The summed E-state index contributed by atoms with van der Waals surface area (Å²) in [6.07, 6.45) is 1.74. The number of nitrogens with one attached hydrogen (secondary N) is 1. The van der Waals surface area contributed by atoms with Crippen molar-refractivity contribution in [1.82, 2.24) is 15.0 Å². The zero-order chi connectivity index (χ0) is 13.8. The number of rotatable bonds is 5. The largest absolute Gasteiger partial charge is 0.433 e. The first kappa shape index (κ1) is 13.7. The first-order valence-corrected chi connectivity index (χ1v) is 6.17. The monoisotopic (exact) mass is 332 g/mol. The van der Waals surface area contributed by atoms with Crippen LogP contribution in [0.15, 0.2) is 28.9 Å². The first-order chi connectivity index (χ1) is 9.04. The Labute approximate surface area is 116 Å². The number of aryl methyl sites for hydroxylation is 1. The SMILES string of the molecule is Cn1cc(CNc2ccc(Br)cc2OC(F)F)nn1. The number of nitrogens with zero attached hydrogens (tertiary/aromatic N) is 3. The van der Waals surface area contributed by atoms with Crippen LogP contribution < -0.4 is 10.1 Å². The summed E-state index contributed by atoms with van der Waals surface area (Å²) in [7, 11) is 1.75. The number of hydrogen-bond acceptors (Lipinski definition) is 4. The summed E-state index contributed by atoms with van der Waals surface area (Å²) in [6.45, 7) is -2.50. The Morgan fingerprint density at radius 1 is 1.47 bits per heavy atom. The Morgan fingerprint density at radius 2 is 2.26 bits per heavy atom. The summed E-state index contributed by atoms with van der Waals surface area (Å²) >= 11 is 3.21. The van der Waals surface area contributed by atoms with Gasteiger partial charge < -0.3 is 10.1 Å². The van der Waals surface area contributed by atoms with Crippen molar-refractivity contribution in [3.05, 3.63) is 34.6 Å². The van der Waals surface area contributed by atoms with E-state index in [0.29, 0.717) is 22.4 Å². The lowest BCUT2D eigenvalue weighted by atomic mass is 10.3. The van der Waals surface area contributed by atoms with Crippen LogP contribution in [0.3, 0.4) is 0 Å². The van der Waals surface area contributed by atoms with Crippen molar-refractivity contribution in [1.29, 1.82) is 0 Å². The number of anilines is 1. The maximum absolute atomic E-state index is 12.3. The molecule has 0 saturated heterocycles. The molecule has 0 aliphatic carbocycles. The molecular formula is C11H11BrF2N4O. The minimum atomic E-state index is -2.87. The molecule has 8 heteroatoms. The zero-order valence-corrected chi connectivity index (χ0v) is 11.6. The normalized spacial score (nSPS) is 10.8. The highest BCUT2D eigenvalue weighted by Gasteiger charge is 2.10. The van der Waals surface area contributed by atoms with Gasteiger partial charge in [-0.1, -0.05) is 21.1 Å². The van der Waals surface area contributed by atoms with Crippen LogP contribution in [0, 0.1) is 0 Å². The van der Waals surface area contributed by atoms with Gasteiger partial charge in [-0.25, -0.2) is 0 Å². The Hall–Kier alpha value is -1.70. The van der Waals surface area contributed by atoms with E-state index in [1.54, 1.807) is 30.1 Å². The highest BCUT2D eigenvalue weighted by atomic mass is 79.9. The third-order valence-corrected chi connectivity index (χ3v) is 2.76. The van der Waals surface area contributed by atoms with Gasteiger partial charge in [0.2, 0.25) is 0 Å². The van der Waals surface area contributed by atoms with Gasteiger partial charge in [0, 0.05) is 17.7 Å². The molecule has 0 aliphatic rings. The fraction of sp³-hybridized carbons (Fsp3) is 0.273. The van der Waals surface area contributed by atoms with Crippen LogP contribution in [0.25, 0.3) is 0 Å². The quantitative estimate of drug-likeness (QED) is 0.914. The van der Waals surface area contributed by atoms with Gasteiger partial charge in [-0.05, 0) is 18.2 Å². The lowest BCUT2D eigenvalue weighted by molar-refractivity contribution is -0.0494. The molecule has 102 valence electrons. The molecule has 2 rings (SSSR count). The summed E-state index contributed by atoms with van der Waals surface area (Å²) in [5, 5.41) is 10.7. The number of hydrogen-bond donors (Lipinski definition) is 1. The van der Waals surface area contributed by atoms with Gasteiger partial charge in [0.25, 0.3) is 0 Å². The number of halogens is 3. The predicted molar refractivity (Wildman–Crippen MR) is 69.1 cm³/mol. The third-order valence-electron chi connectivity index (χ3n) is 2.27. The molecule has 5 nitrogen and oxygen atoms in total. The molecule has 0 saturated carbocycles. The van der Waals surface area contributed by atoms with Crippen molar-refractivity contribution in [2.45, 2.75) is 13.2 Å². The number of aromatic nitrogens is 3. The van der Waals surface area contributed by atoms with Gasteiger partial charge in [-0.3, -0.25) is 4.68 Å². The van der Waals surface area contributed by atoms with Crippen molar-refractivity contribution in [3.8, 4) is 5.75 Å². The maximum Gasteiger partial charge on any atom is 0.387 e. The molecule has 0 atom stereocenters. The third kappa shape index (κ3) is 3.88. The van der Waals surface area contributed by atoms with E-state index in [1.807, 2.05) is 0 Å². The van der Waals surface area contributed by atoms with E-state index in [9.17, 15) is 8.78 Å². The Kier molecular flexibility index (Phi) is 4.31. The van der Waals surface area contributed by atoms with Crippen molar-refractivity contribution in [2.24, 2.45) is 7.05 Å². The second-order valence-corrected chi connectivity index (χ2v) is 4.67. The highest BCUT2D eigenvalue weighted by Crippen LogP contribution is 2.29. The van der Waals surface area contributed by atoms with Gasteiger partial charge in [-0.15, -0.1) is 5.10 Å². The number of alkyl halides is 2. The van der Waals surface area contributed by atoms with Crippen LogP contribution in [0.2, 0.25) is 0 Å². The molecule has 0 unspecified atom stereocenters. The van der Waals surface area contributed by atoms with Gasteiger partial charge in [0.1, 0.15) is 11.4 Å². The maximum atomic E-state index is 12.3. The fourth-order valence-electron chi connectivity index (χ4n) is 1.50. The smallest absolute Gasteiger partial charge is 0.387 e. The van der Waals surface area contributed by atoms with Crippen molar-refractivity contribution in [3.63, 3.8) is 0 Å². The zero-order valence-electron chi connectivity index (χ0n) is 9.98. The van der Waals surface area contributed by atoms with Crippen molar-refractivity contribution >= 4 is 21.6 Å². The predicted octanol–water partition coefficient (Wildman–Crippen LogP) is 2.79. The first-order valence-electron chi connectivity index (χ1n) is 5.38. The molecule has 0 bridgehead atoms. The molecule has 0 amide bonds. The van der Waals surface area contributed by atoms with E-state index in [0.717, 1.165) is 0 Å². The fourth-order valence-corrected chi connectivity index (χ4v) is 1.84. The molecule has 2 aromatic rings. The molecule has 0 aliphatic heterocycles. The molecular weight excluding hydrogens is 322 g/mol. The van der Waals surface area contributed by atoms with Gasteiger partial charge >= 0.3 is 6.61 Å². The van der Waals surface area contributed by atoms with E-state index >= 15 is 0 Å². The van der Waals surface area contributed by atoms with E-state index in [4.69, 9.17) is 0 Å². The molecule has 0 spiro atoms. The van der Waals surface area contributed by atoms with Crippen molar-refractivity contribution in [2.75, 3.05) is 5.32 Å². The van der Waals surface area contributed by atoms with Gasteiger partial charge in [0.05, 0.1) is 12.2 Å². The Morgan fingerprint density at radius 3 is 2.89 bits per heavy atom. The van der Waals surface area contributed by atoms with E-state index in [-0.39, 0.29) is 5.75 Å². The summed E-state index contributed by atoms with van der Waals surface area (Å²) in [4.78, 5) is 0. The molecule has 1 N–H and O–H groups in total. The molecule has 0 radical (unpaired) electrons. The second-order valence-electron chi connectivity index (χ2n) is 3.76. The minimum Gasteiger partial charge on any atom is -0.433 e. The molecule has 1 aromatic heterocycles. The summed E-state index contributed by atoms with van der Waals surface area (Å²) in [5.74, 6) is 0.0771. The lowest BCUT2D eigenvalue weighted by Gasteiger charge is -2.12. The summed E-state index contributed by atoms with van der Waals surface area (Å²) in [6, 6.07) is 4.86. The van der Waals surface area contributed by atoms with Crippen LogP contribution in [-0.2, 0) is 13.6 Å². The van der Waals surface area contributed by atoms with Gasteiger partial charge in [-0.2, -0.15) is 8.78 Å². The van der Waals surface area contributed by atoms with Crippen LogP contribution in [-0.4, -0.2) is 21.6 Å². The van der Waals surface area contributed by atoms with Crippen LogP contribution in [0.4, 0.5) is 14.5 Å². The number of ether oxygens (including phenoxy) is 1. The van der Waals surface area contributed by atoms with Crippen LogP contribution >= 0.6 is 15.9 Å². The topological polar surface area (TPSA) is 52.0 Å². The summed E-state index contributed by atoms with van der Waals surface area (Å²) in [5.41, 5.74) is 1.17. The van der Waals surface area contributed by atoms with Gasteiger partial charge in [0.15, 0.2) is 0 Å². The standard InChI is InChI=1S/C11H11BrF2N4O/c1-18-6-8(16-17-18)5-15-9-3-2-7(12)4-10(9)19-11(13)14/h2-4,6,11,15H,5H2,1H3. The van der Waals surface area contributed by atoms with E-state index in [2.05, 4.69) is 36.3 Å². The molecule has 19 heavy (non-hydrogen) atoms. The minimum absolute atomic E-state index is 0.0771. The Balaban J connectivity index is 2.10. The average molecular weight is 333 g/mol. The highest BCUT2D eigenvalue weighted by molar-refractivity contribution is 9.10. The van der Waals surface area contributed by atoms with E-state index < -0.39 is 6.61 Å². The lowest BCUT2D eigenvalue weighted by Crippen LogP contribution is -2.06. The van der Waals surface area contributed by atoms with Crippen LogP contribution in [0.5, 0.6) is 5.75 Å². The van der Waals surface area contributed by atoms with E-state index in [1.165, 1.54) is 6.07 Å². The number of benzene rings is 1. The molecule has 1 aromatic carbocycles. The second kappa shape index (κ2) is 5.96. The van der Waals surface area contributed by atoms with Crippen LogP contribution in [0.1, 0.15) is 5.69 Å². The summed E-state index contributed by atoms with van der Waals surface area (Å²) < 4.78 is 31.3. The Bertz CT molecular complexity index is 561. The molecule has 0 fully saturated rings. The average Bonchev–Trinajstić information content (AvgIpc) is 2.73.